The summed E-state index contributed by atoms with van der Waals surface area (Å²) < 4.78 is 0. The summed E-state index contributed by atoms with van der Waals surface area (Å²) in [6.07, 6.45) is 0. The molecule has 0 saturated heterocycles. The number of carboxylic acids is 6. The van der Waals surface area contributed by atoms with Crippen molar-refractivity contribution in [1.29, 1.82) is 0 Å². The van der Waals surface area contributed by atoms with Crippen molar-refractivity contribution < 1.29 is 76.2 Å². The second-order valence-corrected chi connectivity index (χ2v) is 2.95. The Morgan fingerprint density at radius 2 is 0.385 bits per heavy atom. The van der Waals surface area contributed by atoms with E-state index in [2.05, 4.69) is 0 Å². The Kier molecular flexibility index (Phi) is 82.3. The van der Waals surface area contributed by atoms with Crippen LogP contribution < -0.4 is 30.6 Å². The SMILES string of the molecule is CC(=O)[O-].CC(=O)[O-].CC(=O)[O-].CC(=O)[O-].CC(=O)[O-].CC(=O)[O-].[C+4].[Co+2]. The fraction of sp³-hybridized carbons (Fsp3) is 0.462. The number of carboxylic acid groups (broad SMARTS) is 6. The van der Waals surface area contributed by atoms with Gasteiger partial charge in [0.05, 0.1) is 0 Å². The maximum absolute atomic E-state index is 8.89. The third kappa shape index (κ3) is 1230. The van der Waals surface area contributed by atoms with Crippen LogP contribution in [0.3, 0.4) is 0 Å². The minimum Gasteiger partial charge on any atom is -0.550 e. The Morgan fingerprint density at radius 1 is 0.385 bits per heavy atom. The van der Waals surface area contributed by atoms with Gasteiger partial charge in [0.2, 0.25) is 0 Å². The third-order valence-electron chi connectivity index (χ3n) is 0. The van der Waals surface area contributed by atoms with Crippen molar-refractivity contribution in [3.05, 3.63) is 7.43 Å². The first-order valence-corrected chi connectivity index (χ1v) is 5.45. The molecule has 13 heteroatoms. The van der Waals surface area contributed by atoms with Crippen molar-refractivity contribution in [2.75, 3.05) is 0 Å². The first-order chi connectivity index (χ1) is 10.4. The predicted octanol–water partition coefficient (Wildman–Crippen LogP) is -7.38. The van der Waals surface area contributed by atoms with Gasteiger partial charge in [0.1, 0.15) is 0 Å². The van der Waals surface area contributed by atoms with Gasteiger partial charge in [-0.25, -0.2) is 0 Å². The van der Waals surface area contributed by atoms with Gasteiger partial charge < -0.3 is 59.4 Å². The molecule has 0 unspecified atom stereocenters. The summed E-state index contributed by atoms with van der Waals surface area (Å²) in [7, 11) is 0. The summed E-state index contributed by atoms with van der Waals surface area (Å²) in [5, 5.41) is 53.3. The van der Waals surface area contributed by atoms with Crippen LogP contribution in [0.4, 0.5) is 0 Å². The van der Waals surface area contributed by atoms with Crippen LogP contribution in [0, 0.1) is 7.43 Å². The van der Waals surface area contributed by atoms with Gasteiger partial charge in [0.15, 0.2) is 0 Å². The number of hydrogen-bond acceptors (Lipinski definition) is 12. The minimum absolute atomic E-state index is 0. The standard InChI is InChI=1S/6C2H4O2.C.Co/c6*1-2(3)4;;/h6*1H3,(H,3,4);;/q;;;;;;+4;+2/p-6. The van der Waals surface area contributed by atoms with Crippen LogP contribution in [-0.4, -0.2) is 35.8 Å². The van der Waals surface area contributed by atoms with E-state index in [-0.39, 0.29) is 24.2 Å². The van der Waals surface area contributed by atoms with Crippen LogP contribution in [-0.2, 0) is 45.5 Å². The fourth-order valence-electron chi connectivity index (χ4n) is 0. The van der Waals surface area contributed by atoms with Crippen LogP contribution in [0.2, 0.25) is 0 Å². The molecule has 0 aliphatic heterocycles. The molecule has 0 aliphatic rings. The molecule has 0 aliphatic carbocycles. The first kappa shape index (κ1) is 49.5. The van der Waals surface area contributed by atoms with Crippen molar-refractivity contribution in [2.24, 2.45) is 0 Å². The molecular weight excluding hydrogens is 407 g/mol. The predicted molar refractivity (Wildman–Crippen MR) is 67.3 cm³/mol. The zero-order valence-electron chi connectivity index (χ0n) is 14.7. The van der Waals surface area contributed by atoms with E-state index in [1.54, 1.807) is 0 Å². The molecular formula is C13H18CoO12. The molecule has 151 valence electrons. The third-order valence-corrected chi connectivity index (χ3v) is 0. The minimum atomic E-state index is -1.08. The average Bonchev–Trinajstić information content (AvgIpc) is 2.08. The van der Waals surface area contributed by atoms with Crippen molar-refractivity contribution >= 4 is 35.8 Å². The topological polar surface area (TPSA) is 241 Å². The molecule has 0 atom stereocenters. The Labute approximate surface area is 161 Å². The van der Waals surface area contributed by atoms with Gasteiger partial charge in [-0.2, -0.15) is 0 Å². The van der Waals surface area contributed by atoms with E-state index in [0.29, 0.717) is 0 Å². The summed E-state index contributed by atoms with van der Waals surface area (Å²) in [5.74, 6) is -6.50. The van der Waals surface area contributed by atoms with Crippen molar-refractivity contribution in [2.45, 2.75) is 41.5 Å². The molecule has 0 amide bonds. The van der Waals surface area contributed by atoms with E-state index in [1.165, 1.54) is 0 Å². The van der Waals surface area contributed by atoms with Gasteiger partial charge in [-0.3, -0.25) is 0 Å². The van der Waals surface area contributed by atoms with Crippen molar-refractivity contribution in [3.63, 3.8) is 0 Å². The molecule has 0 aromatic rings. The van der Waals surface area contributed by atoms with E-state index in [9.17, 15) is 0 Å². The van der Waals surface area contributed by atoms with Gasteiger partial charge in [0.25, 0.3) is 0 Å². The molecule has 0 aromatic carbocycles. The van der Waals surface area contributed by atoms with Crippen LogP contribution in [0.15, 0.2) is 0 Å². The molecule has 0 spiro atoms. The largest absolute Gasteiger partial charge is 4.00 e. The van der Waals surface area contributed by atoms with E-state index in [0.717, 1.165) is 41.5 Å². The van der Waals surface area contributed by atoms with Crippen molar-refractivity contribution in [1.82, 2.24) is 0 Å². The van der Waals surface area contributed by atoms with Gasteiger partial charge >= 0.3 is 24.2 Å². The van der Waals surface area contributed by atoms with Gasteiger partial charge in [-0.05, 0) is 41.5 Å². The summed E-state index contributed by atoms with van der Waals surface area (Å²) in [6, 6.07) is 0. The number of carbonyl (C=O) groups is 6. The Bertz CT molecular complexity index is 262. The Morgan fingerprint density at radius 3 is 0.385 bits per heavy atom. The molecule has 0 saturated carbocycles. The van der Waals surface area contributed by atoms with Gasteiger partial charge in [-0.15, -0.1) is 0 Å². The monoisotopic (exact) mass is 425 g/mol. The van der Waals surface area contributed by atoms with Crippen molar-refractivity contribution in [3.8, 4) is 0 Å². The molecule has 12 nitrogen and oxygen atoms in total. The maximum atomic E-state index is 8.89. The van der Waals surface area contributed by atoms with Crippen LogP contribution in [0.25, 0.3) is 0 Å². The van der Waals surface area contributed by atoms with Gasteiger partial charge in [0, 0.05) is 35.8 Å². The fourth-order valence-corrected chi connectivity index (χ4v) is 0. The Hall–Kier alpha value is -2.67. The summed E-state index contributed by atoms with van der Waals surface area (Å²) in [5.41, 5.74) is 0. The van der Waals surface area contributed by atoms with Gasteiger partial charge in [-0.1, -0.05) is 0 Å². The van der Waals surface area contributed by atoms with E-state index in [1.807, 2.05) is 0 Å². The average molecular weight is 425 g/mol. The number of carbonyl (C=O) groups excluding carboxylic acids is 6. The molecule has 1 radical (unpaired) electrons. The first-order valence-electron chi connectivity index (χ1n) is 5.45. The maximum Gasteiger partial charge on any atom is 4.00 e. The molecule has 0 heterocycles. The summed E-state index contributed by atoms with van der Waals surface area (Å²) in [4.78, 5) is 53.3. The Balaban J connectivity index is -0.0000000245. The van der Waals surface area contributed by atoms with Crippen LogP contribution >= 0.6 is 0 Å². The zero-order chi connectivity index (χ0) is 21.5. The second kappa shape index (κ2) is 43.2. The second-order valence-electron chi connectivity index (χ2n) is 2.95. The summed E-state index contributed by atoms with van der Waals surface area (Å²) >= 11 is 0. The molecule has 0 rings (SSSR count). The quantitative estimate of drug-likeness (QED) is 0.351. The zero-order valence-corrected chi connectivity index (χ0v) is 15.8. The number of aliphatic carboxylic acids is 6. The molecule has 26 heavy (non-hydrogen) atoms. The summed E-state index contributed by atoms with van der Waals surface area (Å²) in [6.45, 7) is 5.83. The molecule has 0 N–H and O–H groups in total. The van der Waals surface area contributed by atoms with Crippen LogP contribution in [0.1, 0.15) is 41.5 Å². The molecule has 0 fully saturated rings. The smallest absolute Gasteiger partial charge is 0.550 e. The van der Waals surface area contributed by atoms with Crippen LogP contribution in [0.5, 0.6) is 0 Å². The molecule has 0 aromatic heterocycles. The molecule has 0 bridgehead atoms. The van der Waals surface area contributed by atoms with E-state index < -0.39 is 35.8 Å². The number of hydrogen-bond donors (Lipinski definition) is 0. The van der Waals surface area contributed by atoms with E-state index >= 15 is 0 Å². The number of rotatable bonds is 0. The normalized spacial score (nSPS) is 5.77. The van der Waals surface area contributed by atoms with E-state index in [4.69, 9.17) is 59.4 Å².